The second kappa shape index (κ2) is 22.2. The lowest BCUT2D eigenvalue weighted by atomic mass is 9.83. The molecule has 22 nitrogen and oxygen atoms in total. The van der Waals surface area contributed by atoms with E-state index in [0.717, 1.165) is 12.3 Å². The predicted molar refractivity (Wildman–Crippen MR) is 202 cm³/mol. The van der Waals surface area contributed by atoms with Crippen molar-refractivity contribution in [1.29, 1.82) is 0 Å². The lowest BCUT2D eigenvalue weighted by Crippen LogP contribution is -2.54. The number of nitrogens with zero attached hydrogens (tertiary/aromatic N) is 2. The molecule has 332 valence electrons. The van der Waals surface area contributed by atoms with Gasteiger partial charge in [0.1, 0.15) is 13.2 Å². The average molecular weight is 873 g/mol. The molecule has 23 heteroatoms. The molecule has 2 saturated heterocycles. The number of nitro groups is 2. The monoisotopic (exact) mass is 872 g/mol. The molecule has 2 fully saturated rings. The van der Waals surface area contributed by atoms with Crippen molar-refractivity contribution in [2.75, 3.05) is 19.5 Å². The van der Waals surface area contributed by atoms with Gasteiger partial charge in [0.25, 0.3) is 23.1 Å². The molecule has 1 N–H and O–H groups in total. The van der Waals surface area contributed by atoms with E-state index in [1.54, 1.807) is 6.92 Å². The van der Waals surface area contributed by atoms with Gasteiger partial charge in [0.15, 0.2) is 23.7 Å². The number of hydrogen-bond donors (Lipinski definition) is 1. The van der Waals surface area contributed by atoms with Crippen LogP contribution < -0.4 is 9.47 Å². The van der Waals surface area contributed by atoms with Gasteiger partial charge in [-0.05, 0) is 35.1 Å². The molecule has 0 saturated carbocycles. The van der Waals surface area contributed by atoms with Crippen LogP contribution >= 0.6 is 0 Å². The molecular weight excluding hydrogens is 824 g/mol. The van der Waals surface area contributed by atoms with Gasteiger partial charge in [-0.25, -0.2) is 0 Å². The maximum absolute atomic E-state index is 11.6. The zero-order valence-corrected chi connectivity index (χ0v) is 34.5. The van der Waals surface area contributed by atoms with E-state index in [1.807, 2.05) is 20.8 Å². The highest BCUT2D eigenvalue weighted by Gasteiger charge is 2.47. The lowest BCUT2D eigenvalue weighted by molar-refractivity contribution is -0.387. The number of rotatable bonds is 18. The molecule has 0 radical (unpaired) electrons. The zero-order valence-electron chi connectivity index (χ0n) is 33.7. The van der Waals surface area contributed by atoms with Crippen molar-refractivity contribution in [3.8, 4) is 11.5 Å². The summed E-state index contributed by atoms with van der Waals surface area (Å²) < 4.78 is 70.4. The first-order valence-electron chi connectivity index (χ1n) is 18.3. The van der Waals surface area contributed by atoms with Crippen LogP contribution in [0.1, 0.15) is 52.7 Å². The molecule has 2 aliphatic rings. The van der Waals surface area contributed by atoms with E-state index in [9.17, 15) is 52.9 Å². The number of benzene rings is 2. The van der Waals surface area contributed by atoms with Crippen LogP contribution in [-0.2, 0) is 75.1 Å². The van der Waals surface area contributed by atoms with Crippen LogP contribution in [0.15, 0.2) is 36.4 Å². The van der Waals surface area contributed by atoms with Crippen LogP contribution in [0, 0.1) is 43.9 Å². The quantitative estimate of drug-likeness (QED) is 0.0562. The molecular formula is C37H48N2O20S. The Morgan fingerprint density at radius 1 is 0.733 bits per heavy atom. The maximum atomic E-state index is 11.6. The highest BCUT2D eigenvalue weighted by Crippen LogP contribution is 2.38. The molecule has 0 amide bonds. The fourth-order valence-electron chi connectivity index (χ4n) is 6.29. The molecule has 2 heterocycles. The van der Waals surface area contributed by atoms with Crippen LogP contribution in [0.3, 0.4) is 0 Å². The van der Waals surface area contributed by atoms with Gasteiger partial charge in [0.05, 0.1) is 41.5 Å². The van der Waals surface area contributed by atoms with Crippen LogP contribution in [-0.4, -0.2) is 105 Å². The molecule has 0 spiro atoms. The summed E-state index contributed by atoms with van der Waals surface area (Å²) >= 11 is 0. The Kier molecular flexibility index (Phi) is 18.1. The van der Waals surface area contributed by atoms with Crippen molar-refractivity contribution in [3.63, 3.8) is 0 Å². The van der Waals surface area contributed by atoms with Crippen molar-refractivity contribution in [2.24, 2.45) is 23.7 Å². The summed E-state index contributed by atoms with van der Waals surface area (Å²) in [5.74, 6) is -2.28. The fourth-order valence-corrected chi connectivity index (χ4v) is 6.64. The van der Waals surface area contributed by atoms with Gasteiger partial charge < -0.3 is 43.0 Å². The Morgan fingerprint density at radius 2 is 1.13 bits per heavy atom. The second-order valence-corrected chi connectivity index (χ2v) is 15.7. The first-order chi connectivity index (χ1) is 28.2. The standard InChI is InChI=1S/C19H25NO11S.C18H23NO9/c1-11-12(2)18(29-13(3)22)19(31-17(11)9-27-10-21)30-16-6-5-14(7-15(16)20(23)24)8-28-32(4,25)26;1-10-11(2)17(26-12(3)22)18(28-16(10)8-25-9-21)27-15-5-4-13(7-20)6-14(15)19(23)24/h5-7,10-12,17-19H,8-9H2,1-4H3;4-6,9-11,16-18,20H,7-8H2,1-3H3/t11-,12-,17?,18?,19+;10-,11-,16?,17?,18+/m00/s1. The lowest BCUT2D eigenvalue weighted by Gasteiger charge is -2.43. The molecule has 4 rings (SSSR count). The summed E-state index contributed by atoms with van der Waals surface area (Å²) in [6, 6.07) is 7.80. The Balaban J connectivity index is 0.000000323. The number of carbonyl (C=O) groups is 4. The SMILES string of the molecule is CC(=O)OC1[C@H](Oc2ccc(CO)cc2[N+](=O)[O-])OC(COC=O)[C@@H](C)[C@@H]1C.CC(=O)OC1[C@H](Oc2ccc(COS(C)(=O)=O)cc2[N+](=O)[O-])OC(COC=O)[C@@H](C)[C@@H]1C. The number of carbonyl (C=O) groups excluding carboxylic acids is 4. The van der Waals surface area contributed by atoms with Crippen LogP contribution in [0.5, 0.6) is 11.5 Å². The predicted octanol–water partition coefficient (Wildman–Crippen LogP) is 3.12. The summed E-state index contributed by atoms with van der Waals surface area (Å²) in [6.07, 6.45) is -4.36. The summed E-state index contributed by atoms with van der Waals surface area (Å²) in [4.78, 5) is 65.9. The second-order valence-electron chi connectivity index (χ2n) is 14.0. The van der Waals surface area contributed by atoms with Gasteiger partial charge in [-0.1, -0.05) is 39.8 Å². The molecule has 0 bridgehead atoms. The van der Waals surface area contributed by atoms with E-state index in [1.165, 1.54) is 44.2 Å². The van der Waals surface area contributed by atoms with E-state index in [2.05, 4.69) is 4.18 Å². The van der Waals surface area contributed by atoms with Crippen molar-refractivity contribution < 1.29 is 84.6 Å². The number of aliphatic hydroxyl groups excluding tert-OH is 1. The minimum absolute atomic E-state index is 0.0345. The molecule has 2 aromatic rings. The average Bonchev–Trinajstić information content (AvgIpc) is 3.18. The summed E-state index contributed by atoms with van der Waals surface area (Å²) in [6.45, 7) is 9.47. The molecule has 0 aromatic heterocycles. The topological polar surface area (TPSA) is 292 Å². The first-order valence-corrected chi connectivity index (χ1v) is 20.1. The van der Waals surface area contributed by atoms with Crippen LogP contribution in [0.4, 0.5) is 11.4 Å². The number of nitro benzene ring substituents is 2. The summed E-state index contributed by atoms with van der Waals surface area (Å²) in [7, 11) is -3.74. The van der Waals surface area contributed by atoms with Crippen molar-refractivity contribution in [3.05, 3.63) is 67.8 Å². The summed E-state index contributed by atoms with van der Waals surface area (Å²) in [5, 5.41) is 32.1. The zero-order chi connectivity index (χ0) is 44.9. The van der Waals surface area contributed by atoms with E-state index in [4.69, 9.17) is 37.9 Å². The fraction of sp³-hybridized carbons (Fsp3) is 0.568. The first kappa shape index (κ1) is 48.9. The third-order valence-corrected chi connectivity index (χ3v) is 10.4. The van der Waals surface area contributed by atoms with Gasteiger partial charge in [-0.2, -0.15) is 8.42 Å². The molecule has 2 aliphatic heterocycles. The Hall–Kier alpha value is -5.49. The Morgan fingerprint density at radius 3 is 1.48 bits per heavy atom. The van der Waals surface area contributed by atoms with E-state index in [-0.39, 0.29) is 72.7 Å². The number of ether oxygens (including phenoxy) is 8. The number of hydrogen-bond acceptors (Lipinski definition) is 20. The molecule has 4 unspecified atom stereocenters. The minimum atomic E-state index is -3.74. The van der Waals surface area contributed by atoms with Gasteiger partial charge >= 0.3 is 23.3 Å². The number of aliphatic hydroxyl groups is 1. The molecule has 0 aliphatic carbocycles. The van der Waals surface area contributed by atoms with Crippen molar-refractivity contribution in [2.45, 2.75) is 91.8 Å². The minimum Gasteiger partial charge on any atom is -0.465 e. The van der Waals surface area contributed by atoms with Crippen LogP contribution in [0.2, 0.25) is 0 Å². The Labute approximate surface area is 344 Å². The van der Waals surface area contributed by atoms with Gasteiger partial charge in [-0.15, -0.1) is 0 Å². The van der Waals surface area contributed by atoms with Gasteiger partial charge in [0, 0.05) is 37.8 Å². The van der Waals surface area contributed by atoms with Crippen molar-refractivity contribution >= 4 is 46.4 Å². The maximum Gasteiger partial charge on any atom is 0.311 e. The van der Waals surface area contributed by atoms with Gasteiger partial charge in [-0.3, -0.25) is 43.6 Å². The molecule has 10 atom stereocenters. The Bertz CT molecular complexity index is 1940. The number of esters is 2. The third-order valence-electron chi connectivity index (χ3n) is 9.83. The summed E-state index contributed by atoms with van der Waals surface area (Å²) in [5.41, 5.74) is -0.241. The van der Waals surface area contributed by atoms with Crippen LogP contribution in [0.25, 0.3) is 0 Å². The van der Waals surface area contributed by atoms with E-state index >= 15 is 0 Å². The molecule has 60 heavy (non-hydrogen) atoms. The van der Waals surface area contributed by atoms with Crippen molar-refractivity contribution in [1.82, 2.24) is 0 Å². The third kappa shape index (κ3) is 13.8. The largest absolute Gasteiger partial charge is 0.465 e. The normalized spacial score (nSPS) is 26.2. The van der Waals surface area contributed by atoms with E-state index in [0.29, 0.717) is 12.0 Å². The highest BCUT2D eigenvalue weighted by atomic mass is 32.2. The van der Waals surface area contributed by atoms with E-state index < -0.39 is 81.2 Å². The highest BCUT2D eigenvalue weighted by molar-refractivity contribution is 7.85. The smallest absolute Gasteiger partial charge is 0.311 e. The van der Waals surface area contributed by atoms with Gasteiger partial charge in [0.2, 0.25) is 12.6 Å². The molecule has 2 aromatic carbocycles.